The third kappa shape index (κ3) is 2.85. The number of carbonyl (C=O) groups excluding carboxylic acids is 1. The first kappa shape index (κ1) is 14.7. The predicted molar refractivity (Wildman–Crippen MR) is 91.8 cm³/mol. The van der Waals surface area contributed by atoms with Gasteiger partial charge in [0.05, 0.1) is 5.56 Å². The fraction of sp³-hybridized carbons (Fsp3) is 0.167. The minimum Gasteiger partial charge on any atom is -0.360 e. The summed E-state index contributed by atoms with van der Waals surface area (Å²) in [7, 11) is 0. The second-order valence-corrected chi connectivity index (χ2v) is 6.06. The maximum absolute atomic E-state index is 12.4. The molecule has 0 aliphatic heterocycles. The summed E-state index contributed by atoms with van der Waals surface area (Å²) in [5, 5.41) is 4.43. The molecule has 1 aromatic heterocycles. The molecule has 0 atom stereocenters. The number of aromatic nitrogens is 1. The summed E-state index contributed by atoms with van der Waals surface area (Å²) in [5.74, 6) is 0.342. The number of rotatable bonds is 3. The third-order valence-corrected chi connectivity index (χ3v) is 3.96. The van der Waals surface area contributed by atoms with E-state index < -0.39 is 0 Å². The van der Waals surface area contributed by atoms with Gasteiger partial charge in [-0.3, -0.25) is 4.79 Å². The lowest BCUT2D eigenvalue weighted by molar-refractivity contribution is 0.102. The van der Waals surface area contributed by atoms with Gasteiger partial charge in [0.25, 0.3) is 5.91 Å². The fourth-order valence-electron chi connectivity index (χ4n) is 2.44. The summed E-state index contributed by atoms with van der Waals surface area (Å²) in [6.07, 6.45) is 1.71. The van der Waals surface area contributed by atoms with Crippen LogP contribution >= 0.6 is 11.6 Å². The van der Waals surface area contributed by atoms with E-state index in [1.54, 1.807) is 12.3 Å². The van der Waals surface area contributed by atoms with Gasteiger partial charge in [-0.1, -0.05) is 43.6 Å². The van der Waals surface area contributed by atoms with Gasteiger partial charge in [-0.2, -0.15) is 0 Å². The first-order valence-corrected chi connectivity index (χ1v) is 7.60. The fourth-order valence-corrected chi connectivity index (χ4v) is 2.61. The summed E-state index contributed by atoms with van der Waals surface area (Å²) in [5.41, 5.74) is 3.50. The minimum atomic E-state index is -0.133. The number of fused-ring (bicyclic) bond motifs is 1. The second kappa shape index (κ2) is 5.85. The molecule has 112 valence electrons. The molecular formula is C18H17ClN2O. The van der Waals surface area contributed by atoms with Crippen LogP contribution in [0.1, 0.15) is 35.7 Å². The lowest BCUT2D eigenvalue weighted by Gasteiger charge is -2.08. The first-order chi connectivity index (χ1) is 10.5. The van der Waals surface area contributed by atoms with Crippen LogP contribution in [0.15, 0.2) is 48.7 Å². The smallest absolute Gasteiger partial charge is 0.257 e. The molecule has 3 aromatic rings. The van der Waals surface area contributed by atoms with Gasteiger partial charge < -0.3 is 10.3 Å². The van der Waals surface area contributed by atoms with Crippen LogP contribution in [0, 0.1) is 0 Å². The standard InChI is InChI=1S/C18H17ClN2O/c1-11(2)12-3-6-14(7-4-12)21-18(22)16-10-20-17-9-13(19)5-8-15(16)17/h3-11,20H,1-2H3,(H,21,22). The van der Waals surface area contributed by atoms with Gasteiger partial charge in [-0.15, -0.1) is 0 Å². The average molecular weight is 313 g/mol. The average Bonchev–Trinajstić information content (AvgIpc) is 2.90. The number of anilines is 1. The molecule has 0 radical (unpaired) electrons. The highest BCUT2D eigenvalue weighted by atomic mass is 35.5. The Labute approximate surface area is 134 Å². The Kier molecular flexibility index (Phi) is 3.90. The zero-order valence-electron chi connectivity index (χ0n) is 12.5. The Balaban J connectivity index is 1.84. The second-order valence-electron chi connectivity index (χ2n) is 5.62. The van der Waals surface area contributed by atoms with E-state index in [-0.39, 0.29) is 5.91 Å². The highest BCUT2D eigenvalue weighted by molar-refractivity contribution is 6.31. The number of hydrogen-bond donors (Lipinski definition) is 2. The summed E-state index contributed by atoms with van der Waals surface area (Å²) in [6.45, 7) is 4.29. The highest BCUT2D eigenvalue weighted by Gasteiger charge is 2.12. The van der Waals surface area contributed by atoms with Gasteiger partial charge in [-0.05, 0) is 35.7 Å². The molecule has 0 spiro atoms. The van der Waals surface area contributed by atoms with E-state index >= 15 is 0 Å². The number of carbonyl (C=O) groups is 1. The molecule has 0 bridgehead atoms. The lowest BCUT2D eigenvalue weighted by Crippen LogP contribution is -2.11. The molecule has 0 unspecified atom stereocenters. The van der Waals surface area contributed by atoms with Gasteiger partial charge in [0, 0.05) is 27.8 Å². The van der Waals surface area contributed by atoms with Crippen molar-refractivity contribution in [2.45, 2.75) is 19.8 Å². The number of aromatic amines is 1. The van der Waals surface area contributed by atoms with Gasteiger partial charge in [0.15, 0.2) is 0 Å². The SMILES string of the molecule is CC(C)c1ccc(NC(=O)c2c[nH]c3cc(Cl)ccc23)cc1. The Morgan fingerprint density at radius 2 is 1.86 bits per heavy atom. The number of hydrogen-bond acceptors (Lipinski definition) is 1. The number of benzene rings is 2. The molecule has 0 fully saturated rings. The summed E-state index contributed by atoms with van der Waals surface area (Å²) in [4.78, 5) is 15.5. The van der Waals surface area contributed by atoms with Crippen molar-refractivity contribution in [3.05, 3.63) is 64.8 Å². The van der Waals surface area contributed by atoms with Crippen LogP contribution in [0.5, 0.6) is 0 Å². The largest absolute Gasteiger partial charge is 0.360 e. The Bertz CT molecular complexity index is 819. The van der Waals surface area contributed by atoms with Crippen LogP contribution in [0.2, 0.25) is 5.02 Å². The summed E-state index contributed by atoms with van der Waals surface area (Å²) < 4.78 is 0. The van der Waals surface area contributed by atoms with Gasteiger partial charge >= 0.3 is 0 Å². The quantitative estimate of drug-likeness (QED) is 0.686. The van der Waals surface area contributed by atoms with Gasteiger partial charge in [-0.25, -0.2) is 0 Å². The maximum Gasteiger partial charge on any atom is 0.257 e. The molecule has 4 heteroatoms. The molecule has 3 nitrogen and oxygen atoms in total. The van der Waals surface area contributed by atoms with Crippen molar-refractivity contribution in [3.8, 4) is 0 Å². The van der Waals surface area contributed by atoms with E-state index in [1.165, 1.54) is 5.56 Å². The summed E-state index contributed by atoms with van der Waals surface area (Å²) in [6, 6.07) is 13.4. The zero-order valence-corrected chi connectivity index (χ0v) is 13.2. The van der Waals surface area contributed by atoms with Crippen molar-refractivity contribution in [1.29, 1.82) is 0 Å². The highest BCUT2D eigenvalue weighted by Crippen LogP contribution is 2.23. The summed E-state index contributed by atoms with van der Waals surface area (Å²) >= 11 is 5.96. The monoisotopic (exact) mass is 312 g/mol. The molecule has 0 aliphatic carbocycles. The van der Waals surface area contributed by atoms with Gasteiger partial charge in [0.2, 0.25) is 0 Å². The normalized spacial score (nSPS) is 11.1. The van der Waals surface area contributed by atoms with Crippen LogP contribution in [0.25, 0.3) is 10.9 Å². The molecule has 22 heavy (non-hydrogen) atoms. The molecule has 0 saturated carbocycles. The van der Waals surface area contributed by atoms with Crippen molar-refractivity contribution in [3.63, 3.8) is 0 Å². The number of nitrogens with one attached hydrogen (secondary N) is 2. The number of amides is 1. The van der Waals surface area contributed by atoms with Crippen LogP contribution in [0.3, 0.4) is 0 Å². The molecule has 0 aliphatic rings. The minimum absolute atomic E-state index is 0.133. The van der Waals surface area contributed by atoms with E-state index in [1.807, 2.05) is 36.4 Å². The van der Waals surface area contributed by atoms with Crippen LogP contribution in [0.4, 0.5) is 5.69 Å². The molecule has 1 amide bonds. The van der Waals surface area contributed by atoms with Crippen molar-refractivity contribution in [2.75, 3.05) is 5.32 Å². The van der Waals surface area contributed by atoms with E-state index in [9.17, 15) is 4.79 Å². The number of H-pyrrole nitrogens is 1. The molecular weight excluding hydrogens is 296 g/mol. The maximum atomic E-state index is 12.4. The Hall–Kier alpha value is -2.26. The molecule has 2 N–H and O–H groups in total. The Morgan fingerprint density at radius 3 is 2.55 bits per heavy atom. The zero-order chi connectivity index (χ0) is 15.7. The van der Waals surface area contributed by atoms with Crippen LogP contribution < -0.4 is 5.32 Å². The van der Waals surface area contributed by atoms with Gasteiger partial charge in [0.1, 0.15) is 0 Å². The number of halogens is 1. The van der Waals surface area contributed by atoms with Crippen molar-refractivity contribution in [1.82, 2.24) is 4.98 Å². The molecule has 0 saturated heterocycles. The van der Waals surface area contributed by atoms with Crippen molar-refractivity contribution < 1.29 is 4.79 Å². The third-order valence-electron chi connectivity index (χ3n) is 3.72. The first-order valence-electron chi connectivity index (χ1n) is 7.22. The van der Waals surface area contributed by atoms with Crippen molar-refractivity contribution >= 4 is 34.1 Å². The van der Waals surface area contributed by atoms with E-state index in [2.05, 4.69) is 24.1 Å². The predicted octanol–water partition coefficient (Wildman–Crippen LogP) is 5.20. The molecule has 2 aromatic carbocycles. The topological polar surface area (TPSA) is 44.9 Å². The lowest BCUT2D eigenvalue weighted by atomic mass is 10.0. The van der Waals surface area contributed by atoms with Crippen LogP contribution in [-0.4, -0.2) is 10.9 Å². The van der Waals surface area contributed by atoms with E-state index in [4.69, 9.17) is 11.6 Å². The van der Waals surface area contributed by atoms with Crippen molar-refractivity contribution in [2.24, 2.45) is 0 Å². The van der Waals surface area contributed by atoms with E-state index in [0.29, 0.717) is 16.5 Å². The van der Waals surface area contributed by atoms with E-state index in [0.717, 1.165) is 16.6 Å². The molecule has 3 rings (SSSR count). The molecule has 1 heterocycles. The van der Waals surface area contributed by atoms with Crippen LogP contribution in [-0.2, 0) is 0 Å². The Morgan fingerprint density at radius 1 is 1.14 bits per heavy atom.